The highest BCUT2D eigenvalue weighted by atomic mass is 79.9. The van der Waals surface area contributed by atoms with Crippen molar-refractivity contribution in [3.8, 4) is 5.69 Å². The van der Waals surface area contributed by atoms with E-state index in [9.17, 15) is 8.60 Å². The molecule has 0 spiro atoms. The molecule has 1 atom stereocenters. The molecule has 0 aliphatic carbocycles. The number of benzene rings is 1. The van der Waals surface area contributed by atoms with Gasteiger partial charge < -0.3 is 0 Å². The molecule has 0 aliphatic rings. The number of hydrogen-bond acceptors (Lipinski definition) is 2. The van der Waals surface area contributed by atoms with E-state index in [1.807, 2.05) is 27.7 Å². The predicted octanol–water partition coefficient (Wildman–Crippen LogP) is 4.63. The van der Waals surface area contributed by atoms with Gasteiger partial charge in [0.1, 0.15) is 16.8 Å². The summed E-state index contributed by atoms with van der Waals surface area (Å²) >= 11 is 3.50. The lowest BCUT2D eigenvalue weighted by atomic mass is 10.2. The van der Waals surface area contributed by atoms with Gasteiger partial charge in [-0.2, -0.15) is 9.50 Å². The van der Waals surface area contributed by atoms with Crippen molar-refractivity contribution in [3.05, 3.63) is 46.4 Å². The topological polar surface area (TPSA) is 47.2 Å². The van der Waals surface area contributed by atoms with E-state index in [0.717, 1.165) is 21.6 Å². The van der Waals surface area contributed by atoms with Gasteiger partial charge in [-0.05, 0) is 80.7 Å². The van der Waals surface area contributed by atoms with Crippen LogP contribution in [0.4, 0.5) is 4.39 Å². The van der Waals surface area contributed by atoms with Gasteiger partial charge in [0.05, 0.1) is 26.8 Å². The van der Waals surface area contributed by atoms with E-state index in [-0.39, 0.29) is 10.6 Å². The monoisotopic (exact) mass is 413 g/mol. The number of hydrogen-bond donors (Lipinski definition) is 0. The highest BCUT2D eigenvalue weighted by Crippen LogP contribution is 2.22. The van der Waals surface area contributed by atoms with Crippen molar-refractivity contribution >= 4 is 32.6 Å². The van der Waals surface area contributed by atoms with Crippen LogP contribution in [0.15, 0.2) is 39.3 Å². The average Bonchev–Trinajstić information content (AvgIpc) is 2.86. The van der Waals surface area contributed by atoms with Gasteiger partial charge in [-0.15, -0.1) is 0 Å². The van der Waals surface area contributed by atoms with Crippen LogP contribution in [0.2, 0.25) is 0 Å². The van der Waals surface area contributed by atoms with Crippen LogP contribution in [0.5, 0.6) is 0 Å². The molecule has 1 aromatic heterocycles. The van der Waals surface area contributed by atoms with Crippen LogP contribution in [-0.2, 0) is 17.4 Å². The van der Waals surface area contributed by atoms with E-state index in [4.69, 9.17) is 0 Å². The maximum absolute atomic E-state index is 13.1. The van der Waals surface area contributed by atoms with Crippen LogP contribution < -0.4 is 0 Å². The molecule has 2 aromatic rings. The van der Waals surface area contributed by atoms with Crippen molar-refractivity contribution in [2.24, 2.45) is 4.40 Å². The molecule has 0 amide bonds. The van der Waals surface area contributed by atoms with E-state index >= 15 is 0 Å². The second kappa shape index (κ2) is 7.70. The quantitative estimate of drug-likeness (QED) is 0.670. The van der Waals surface area contributed by atoms with Gasteiger partial charge in [0, 0.05) is 5.71 Å². The van der Waals surface area contributed by atoms with Crippen molar-refractivity contribution in [2.75, 3.05) is 0 Å². The molecule has 0 unspecified atom stereocenters. The Balaban J connectivity index is 2.16. The van der Waals surface area contributed by atoms with Gasteiger partial charge in [0.25, 0.3) is 0 Å². The molecule has 0 bridgehead atoms. The van der Waals surface area contributed by atoms with Gasteiger partial charge in [-0.3, -0.25) is 0 Å². The van der Waals surface area contributed by atoms with Gasteiger partial charge in [-0.25, -0.2) is 13.3 Å². The fraction of sp³-hybridized carbons (Fsp3) is 0.412. The van der Waals surface area contributed by atoms with Crippen LogP contribution in [0, 0.1) is 5.82 Å². The van der Waals surface area contributed by atoms with E-state index in [1.54, 1.807) is 23.0 Å². The normalized spacial score (nSPS) is 14.0. The van der Waals surface area contributed by atoms with Gasteiger partial charge in [0.15, 0.2) is 0 Å². The minimum atomic E-state index is -1.25. The summed E-state index contributed by atoms with van der Waals surface area (Å²) in [6, 6.07) is 6.20. The summed E-state index contributed by atoms with van der Waals surface area (Å²) in [5, 5.41) is 4.34. The molecule has 1 aromatic carbocycles. The van der Waals surface area contributed by atoms with E-state index in [1.165, 1.54) is 12.1 Å². The molecule has 0 N–H and O–H groups in total. The van der Waals surface area contributed by atoms with Gasteiger partial charge in [-0.1, -0.05) is 0 Å². The first kappa shape index (κ1) is 19.0. The molecule has 0 radical (unpaired) electrons. The zero-order valence-electron chi connectivity index (χ0n) is 14.2. The van der Waals surface area contributed by atoms with Crippen LogP contribution in [0.25, 0.3) is 5.69 Å². The summed E-state index contributed by atoms with van der Waals surface area (Å²) in [4.78, 5) is 0. The maximum Gasteiger partial charge on any atom is 0.144 e. The smallest absolute Gasteiger partial charge is 0.144 e. The third-order valence-corrected chi connectivity index (χ3v) is 5.56. The van der Waals surface area contributed by atoms with Crippen LogP contribution >= 0.6 is 15.9 Å². The first-order valence-corrected chi connectivity index (χ1v) is 9.53. The van der Waals surface area contributed by atoms with Crippen molar-refractivity contribution in [1.29, 1.82) is 0 Å². The SMILES string of the molecule is C/C(CCc1c(Br)cnn1-c1ccc(F)cc1)=N\[S@](=O)C(C)(C)C. The molecule has 4 nitrogen and oxygen atoms in total. The van der Waals surface area contributed by atoms with Crippen LogP contribution in [0.1, 0.15) is 39.8 Å². The summed E-state index contributed by atoms with van der Waals surface area (Å²) in [5.74, 6) is -0.279. The molecule has 1 heterocycles. The first-order chi connectivity index (χ1) is 11.2. The van der Waals surface area contributed by atoms with Gasteiger partial charge >= 0.3 is 0 Å². The summed E-state index contributed by atoms with van der Waals surface area (Å²) in [6.45, 7) is 7.59. The third-order valence-electron chi connectivity index (χ3n) is 3.38. The standard InChI is InChI=1S/C17H21BrFN3OS/c1-12(21-24(23)17(2,3)4)5-10-16-15(18)11-20-22(16)14-8-6-13(19)7-9-14/h6-9,11H,5,10H2,1-4H3/b21-12+/t24-/m1/s1. The molecule has 0 aliphatic heterocycles. The molecule has 24 heavy (non-hydrogen) atoms. The Morgan fingerprint density at radius 2 is 1.96 bits per heavy atom. The lowest BCUT2D eigenvalue weighted by Gasteiger charge is -2.14. The van der Waals surface area contributed by atoms with E-state index in [2.05, 4.69) is 25.4 Å². The Kier molecular flexibility index (Phi) is 6.09. The second-order valence-corrected chi connectivity index (χ2v) is 9.28. The van der Waals surface area contributed by atoms with Crippen LogP contribution in [-0.4, -0.2) is 24.4 Å². The zero-order chi connectivity index (χ0) is 17.9. The Bertz CT molecular complexity index is 763. The van der Waals surface area contributed by atoms with Crippen molar-refractivity contribution < 1.29 is 8.60 Å². The Morgan fingerprint density at radius 1 is 1.33 bits per heavy atom. The Morgan fingerprint density at radius 3 is 2.54 bits per heavy atom. The minimum absolute atomic E-state index is 0.279. The van der Waals surface area contributed by atoms with E-state index in [0.29, 0.717) is 12.8 Å². The van der Waals surface area contributed by atoms with Crippen molar-refractivity contribution in [2.45, 2.75) is 45.3 Å². The summed E-state index contributed by atoms with van der Waals surface area (Å²) in [5.41, 5.74) is 2.60. The third kappa shape index (κ3) is 4.83. The average molecular weight is 414 g/mol. The molecular weight excluding hydrogens is 393 g/mol. The fourth-order valence-corrected chi connectivity index (χ4v) is 3.11. The number of nitrogens with zero attached hydrogens (tertiary/aromatic N) is 3. The van der Waals surface area contributed by atoms with Gasteiger partial charge in [0.2, 0.25) is 0 Å². The largest absolute Gasteiger partial charge is 0.237 e. The first-order valence-electron chi connectivity index (χ1n) is 7.63. The molecule has 2 rings (SSSR count). The number of aromatic nitrogens is 2. The second-order valence-electron chi connectivity index (χ2n) is 6.52. The predicted molar refractivity (Wildman–Crippen MR) is 101 cm³/mol. The number of rotatable bonds is 5. The highest BCUT2D eigenvalue weighted by molar-refractivity contribution is 9.10. The lowest BCUT2D eigenvalue weighted by molar-refractivity contribution is 0.626. The molecule has 130 valence electrons. The summed E-state index contributed by atoms with van der Waals surface area (Å²) in [6.07, 6.45) is 3.08. The molecule has 0 fully saturated rings. The zero-order valence-corrected chi connectivity index (χ0v) is 16.6. The Labute approximate surface area is 152 Å². The number of halogens is 2. The molecule has 0 saturated carbocycles. The summed E-state index contributed by atoms with van der Waals surface area (Å²) in [7, 11) is -1.25. The summed E-state index contributed by atoms with van der Waals surface area (Å²) < 4.78 is 31.8. The van der Waals surface area contributed by atoms with Crippen LogP contribution in [0.3, 0.4) is 0 Å². The molecule has 7 heteroatoms. The maximum atomic E-state index is 13.1. The lowest BCUT2D eigenvalue weighted by Crippen LogP contribution is -2.20. The van der Waals surface area contributed by atoms with Crippen molar-refractivity contribution in [3.63, 3.8) is 0 Å². The van der Waals surface area contributed by atoms with E-state index < -0.39 is 11.0 Å². The fourth-order valence-electron chi connectivity index (χ4n) is 2.01. The Hall–Kier alpha value is -1.34. The highest BCUT2D eigenvalue weighted by Gasteiger charge is 2.19. The molecular formula is C17H21BrFN3OS. The minimum Gasteiger partial charge on any atom is -0.237 e. The van der Waals surface area contributed by atoms with Crippen molar-refractivity contribution in [1.82, 2.24) is 9.78 Å². The molecule has 0 saturated heterocycles.